The van der Waals surface area contributed by atoms with Gasteiger partial charge in [0.2, 0.25) is 5.91 Å². The van der Waals surface area contributed by atoms with E-state index < -0.39 is 28.3 Å². The number of carbonyl (C=O) groups is 2. The number of sulfonamides is 1. The predicted octanol–water partition coefficient (Wildman–Crippen LogP) is 5.39. The number of nitrogens with one attached hydrogen (secondary N) is 2. The molecule has 1 aliphatic rings. The average molecular weight is 604 g/mol. The predicted molar refractivity (Wildman–Crippen MR) is 155 cm³/mol. The summed E-state index contributed by atoms with van der Waals surface area (Å²) >= 11 is 5.97. The maximum absolute atomic E-state index is 14.0. The molecule has 0 saturated heterocycles. The van der Waals surface area contributed by atoms with Crippen molar-refractivity contribution in [1.29, 1.82) is 0 Å². The summed E-state index contributed by atoms with van der Waals surface area (Å²) in [5.41, 5.74) is 0.446. The first-order valence-electron chi connectivity index (χ1n) is 13.0. The van der Waals surface area contributed by atoms with Crippen LogP contribution >= 0.6 is 11.6 Å². The van der Waals surface area contributed by atoms with Crippen molar-refractivity contribution in [2.75, 3.05) is 30.4 Å². The van der Waals surface area contributed by atoms with Crippen LogP contribution in [0.2, 0.25) is 5.02 Å². The molecule has 4 rings (SSSR count). The molecule has 0 spiro atoms. The van der Waals surface area contributed by atoms with E-state index >= 15 is 0 Å². The number of para-hydroxylation sites is 1. The monoisotopic (exact) mass is 603 g/mol. The summed E-state index contributed by atoms with van der Waals surface area (Å²) in [4.78, 5) is 26.2. The summed E-state index contributed by atoms with van der Waals surface area (Å²) < 4.78 is 52.9. The Morgan fingerprint density at radius 1 is 0.976 bits per heavy atom. The quantitative estimate of drug-likeness (QED) is 0.321. The van der Waals surface area contributed by atoms with Crippen molar-refractivity contribution < 1.29 is 31.9 Å². The van der Waals surface area contributed by atoms with Crippen LogP contribution in [0.4, 0.5) is 15.8 Å². The van der Waals surface area contributed by atoms with E-state index in [0.717, 1.165) is 48.5 Å². The van der Waals surface area contributed by atoms with Gasteiger partial charge >= 0.3 is 0 Å². The smallest absolute Gasteiger partial charge is 0.264 e. The number of amides is 2. The van der Waals surface area contributed by atoms with Gasteiger partial charge in [0.15, 0.2) is 11.5 Å². The highest BCUT2D eigenvalue weighted by atomic mass is 35.5. The number of anilines is 2. The Kier molecular flexibility index (Phi) is 9.72. The van der Waals surface area contributed by atoms with Crippen molar-refractivity contribution in [1.82, 2.24) is 5.32 Å². The Morgan fingerprint density at radius 3 is 2.37 bits per heavy atom. The molecule has 0 atom stereocenters. The number of nitrogens with zero attached hydrogens (tertiary/aromatic N) is 1. The molecule has 0 aliphatic heterocycles. The Morgan fingerprint density at radius 2 is 1.68 bits per heavy atom. The number of ether oxygens (including phenoxy) is 2. The molecule has 12 heteroatoms. The normalized spacial score (nSPS) is 13.8. The first-order chi connectivity index (χ1) is 19.6. The molecule has 3 aromatic rings. The minimum absolute atomic E-state index is 0.0374. The Hall–Kier alpha value is -3.83. The molecular weight excluding hydrogens is 573 g/mol. The lowest BCUT2D eigenvalue weighted by Crippen LogP contribution is -2.39. The zero-order valence-corrected chi connectivity index (χ0v) is 24.2. The van der Waals surface area contributed by atoms with Crippen LogP contribution in [0.1, 0.15) is 42.5 Å². The SMILES string of the molecule is COc1ccc(S(=O)(=O)N(CC(=O)Nc2ccccc2C(=O)NC2CCCCC2)c2ccc(F)c(Cl)c2)cc1OC. The zero-order chi connectivity index (χ0) is 29.6. The van der Waals surface area contributed by atoms with E-state index in [4.69, 9.17) is 21.1 Å². The van der Waals surface area contributed by atoms with Gasteiger partial charge in [0.1, 0.15) is 12.4 Å². The van der Waals surface area contributed by atoms with Gasteiger partial charge in [0.05, 0.1) is 41.1 Å². The lowest BCUT2D eigenvalue weighted by atomic mass is 9.95. The Balaban J connectivity index is 1.63. The molecule has 2 amide bonds. The van der Waals surface area contributed by atoms with Crippen LogP contribution in [-0.2, 0) is 14.8 Å². The van der Waals surface area contributed by atoms with Crippen LogP contribution in [0.15, 0.2) is 65.6 Å². The third kappa shape index (κ3) is 7.09. The van der Waals surface area contributed by atoms with Crippen LogP contribution in [0.5, 0.6) is 11.5 Å². The number of hydrogen-bond acceptors (Lipinski definition) is 6. The topological polar surface area (TPSA) is 114 Å². The fourth-order valence-corrected chi connectivity index (χ4v) is 6.28. The van der Waals surface area contributed by atoms with Gasteiger partial charge in [-0.05, 0) is 55.3 Å². The minimum atomic E-state index is -4.40. The van der Waals surface area contributed by atoms with Crippen molar-refractivity contribution >= 4 is 44.8 Å². The lowest BCUT2D eigenvalue weighted by molar-refractivity contribution is -0.114. The third-order valence-corrected chi connectivity index (χ3v) is 8.87. The molecule has 218 valence electrons. The first kappa shape index (κ1) is 30.1. The minimum Gasteiger partial charge on any atom is -0.493 e. The molecule has 0 unspecified atom stereocenters. The average Bonchev–Trinajstić information content (AvgIpc) is 2.97. The van der Waals surface area contributed by atoms with Crippen molar-refractivity contribution in [2.45, 2.75) is 43.0 Å². The van der Waals surface area contributed by atoms with Gasteiger partial charge in [-0.1, -0.05) is 43.0 Å². The maximum atomic E-state index is 14.0. The summed E-state index contributed by atoms with van der Waals surface area (Å²) in [6.07, 6.45) is 5.01. The summed E-state index contributed by atoms with van der Waals surface area (Å²) in [5, 5.41) is 5.37. The van der Waals surface area contributed by atoms with Gasteiger partial charge in [0, 0.05) is 12.1 Å². The standard InChI is InChI=1S/C29H31ClFN3O6S/c1-39-26-15-13-21(17-27(26)40-2)41(37,38)34(20-12-14-24(31)23(30)16-20)18-28(35)33-25-11-7-6-10-22(25)29(36)32-19-8-4-3-5-9-19/h6-7,10-17,19H,3-5,8-9,18H2,1-2H3,(H,32,36)(H,33,35). The fourth-order valence-electron chi connectivity index (χ4n) is 4.68. The highest BCUT2D eigenvalue weighted by Gasteiger charge is 2.29. The fraction of sp³-hybridized carbons (Fsp3) is 0.310. The van der Waals surface area contributed by atoms with Crippen molar-refractivity contribution in [3.8, 4) is 11.5 Å². The summed E-state index contributed by atoms with van der Waals surface area (Å²) in [5.74, 6) is -1.33. The van der Waals surface area contributed by atoms with Crippen molar-refractivity contribution in [2.24, 2.45) is 0 Å². The summed E-state index contributed by atoms with van der Waals surface area (Å²) in [7, 11) is -1.62. The lowest BCUT2D eigenvalue weighted by Gasteiger charge is -2.25. The molecule has 41 heavy (non-hydrogen) atoms. The van der Waals surface area contributed by atoms with Crippen LogP contribution in [-0.4, -0.2) is 47.0 Å². The van der Waals surface area contributed by atoms with E-state index in [1.807, 2.05) is 0 Å². The molecule has 0 aromatic heterocycles. The van der Waals surface area contributed by atoms with Gasteiger partial charge < -0.3 is 20.1 Å². The Labute approximate surface area is 243 Å². The number of carbonyl (C=O) groups excluding carboxylic acids is 2. The second-order valence-electron chi connectivity index (χ2n) is 9.53. The molecule has 1 aliphatic carbocycles. The largest absolute Gasteiger partial charge is 0.493 e. The molecule has 0 heterocycles. The van der Waals surface area contributed by atoms with Crippen LogP contribution in [0, 0.1) is 5.82 Å². The van der Waals surface area contributed by atoms with E-state index in [-0.39, 0.29) is 44.6 Å². The Bertz CT molecular complexity index is 1530. The van der Waals surface area contributed by atoms with Crippen molar-refractivity contribution in [3.05, 3.63) is 77.1 Å². The second kappa shape index (κ2) is 13.2. The van der Waals surface area contributed by atoms with E-state index in [2.05, 4.69) is 10.6 Å². The number of halogens is 2. The highest BCUT2D eigenvalue weighted by Crippen LogP contribution is 2.33. The van der Waals surface area contributed by atoms with E-state index in [0.29, 0.717) is 5.75 Å². The van der Waals surface area contributed by atoms with Crippen LogP contribution in [0.3, 0.4) is 0 Å². The molecule has 9 nitrogen and oxygen atoms in total. The van der Waals surface area contributed by atoms with Gasteiger partial charge in [0.25, 0.3) is 15.9 Å². The van der Waals surface area contributed by atoms with E-state index in [9.17, 15) is 22.4 Å². The van der Waals surface area contributed by atoms with Crippen LogP contribution in [0.25, 0.3) is 0 Å². The molecule has 1 fully saturated rings. The molecule has 2 N–H and O–H groups in total. The molecule has 0 bridgehead atoms. The van der Waals surface area contributed by atoms with Gasteiger partial charge in [-0.15, -0.1) is 0 Å². The molecule has 3 aromatic carbocycles. The third-order valence-electron chi connectivity index (χ3n) is 6.81. The second-order valence-corrected chi connectivity index (χ2v) is 11.8. The van der Waals surface area contributed by atoms with Crippen molar-refractivity contribution in [3.63, 3.8) is 0 Å². The zero-order valence-electron chi connectivity index (χ0n) is 22.7. The summed E-state index contributed by atoms with van der Waals surface area (Å²) in [6.45, 7) is -0.697. The molecular formula is C29H31ClFN3O6S. The molecule has 1 saturated carbocycles. The van der Waals surface area contributed by atoms with Gasteiger partial charge in [-0.3, -0.25) is 13.9 Å². The van der Waals surface area contributed by atoms with Gasteiger partial charge in [-0.25, -0.2) is 12.8 Å². The molecule has 0 radical (unpaired) electrons. The van der Waals surface area contributed by atoms with E-state index in [1.165, 1.54) is 38.5 Å². The number of hydrogen-bond donors (Lipinski definition) is 2. The van der Waals surface area contributed by atoms with Crippen LogP contribution < -0.4 is 24.4 Å². The number of methoxy groups -OCH3 is 2. The van der Waals surface area contributed by atoms with Gasteiger partial charge in [-0.2, -0.15) is 0 Å². The van der Waals surface area contributed by atoms with E-state index in [1.54, 1.807) is 24.3 Å². The maximum Gasteiger partial charge on any atom is 0.264 e. The summed E-state index contributed by atoms with van der Waals surface area (Å²) in [6, 6.07) is 13.9. The highest BCUT2D eigenvalue weighted by molar-refractivity contribution is 7.92. The number of rotatable bonds is 10. The first-order valence-corrected chi connectivity index (χ1v) is 14.9. The number of benzene rings is 3.